The van der Waals surface area contributed by atoms with E-state index in [1.165, 1.54) is 6.07 Å². The number of H-pyrrole nitrogens is 1. The van der Waals surface area contributed by atoms with Crippen LogP contribution in [0, 0.1) is 0 Å². The molecule has 0 aromatic carbocycles. The molecule has 0 amide bonds. The first-order chi connectivity index (χ1) is 8.99. The monoisotopic (exact) mass is 265 g/mol. The van der Waals surface area contributed by atoms with Crippen LogP contribution in [-0.4, -0.2) is 34.3 Å². The Bertz CT molecular complexity index is 484. The molecule has 2 unspecified atom stereocenters. The van der Waals surface area contributed by atoms with Crippen molar-refractivity contribution in [1.29, 1.82) is 0 Å². The normalized spacial score (nSPS) is 23.6. The zero-order valence-corrected chi connectivity index (χ0v) is 11.9. The van der Waals surface area contributed by atoms with Crippen molar-refractivity contribution < 1.29 is 5.11 Å². The van der Waals surface area contributed by atoms with Crippen molar-refractivity contribution in [2.24, 2.45) is 0 Å². The highest BCUT2D eigenvalue weighted by molar-refractivity contribution is 5.38. The molecule has 1 aromatic heterocycles. The molecule has 2 atom stereocenters. The predicted molar refractivity (Wildman–Crippen MR) is 75.6 cm³/mol. The van der Waals surface area contributed by atoms with Crippen LogP contribution in [0.25, 0.3) is 0 Å². The summed E-state index contributed by atoms with van der Waals surface area (Å²) in [5, 5.41) is 10.1. The summed E-state index contributed by atoms with van der Waals surface area (Å²) in [6.07, 6.45) is 3.64. The molecule has 1 aliphatic rings. The Morgan fingerprint density at radius 1 is 1.42 bits per heavy atom. The standard InChI is InChI=1S/C14H23N3O2/c1-9(2)14-15-12(8-13(19)16-14)17(3)10-6-4-5-7-11(10)18/h8-11,18H,4-7H2,1-3H3,(H,15,16,19). The second-order valence-electron chi connectivity index (χ2n) is 5.67. The summed E-state index contributed by atoms with van der Waals surface area (Å²) >= 11 is 0. The predicted octanol–water partition coefficient (Wildman–Crippen LogP) is 1.63. The van der Waals surface area contributed by atoms with Gasteiger partial charge < -0.3 is 15.0 Å². The summed E-state index contributed by atoms with van der Waals surface area (Å²) in [7, 11) is 1.91. The first-order valence-electron chi connectivity index (χ1n) is 7.01. The van der Waals surface area contributed by atoms with Gasteiger partial charge in [-0.15, -0.1) is 0 Å². The number of rotatable bonds is 3. The van der Waals surface area contributed by atoms with Crippen molar-refractivity contribution in [3.63, 3.8) is 0 Å². The van der Waals surface area contributed by atoms with Crippen LogP contribution in [0.1, 0.15) is 51.3 Å². The summed E-state index contributed by atoms with van der Waals surface area (Å²) < 4.78 is 0. The quantitative estimate of drug-likeness (QED) is 0.871. The Morgan fingerprint density at radius 3 is 2.74 bits per heavy atom. The van der Waals surface area contributed by atoms with E-state index in [1.807, 2.05) is 25.8 Å². The van der Waals surface area contributed by atoms with E-state index < -0.39 is 0 Å². The molecule has 2 N–H and O–H groups in total. The van der Waals surface area contributed by atoms with Gasteiger partial charge in [0.15, 0.2) is 0 Å². The number of aliphatic hydroxyl groups is 1. The van der Waals surface area contributed by atoms with Crippen LogP contribution in [0.5, 0.6) is 0 Å². The lowest BCUT2D eigenvalue weighted by atomic mass is 9.91. The van der Waals surface area contributed by atoms with Crippen molar-refractivity contribution in [2.75, 3.05) is 11.9 Å². The zero-order chi connectivity index (χ0) is 14.0. The highest BCUT2D eigenvalue weighted by Gasteiger charge is 2.27. The molecule has 0 radical (unpaired) electrons. The number of aliphatic hydroxyl groups excluding tert-OH is 1. The Morgan fingerprint density at radius 2 is 2.11 bits per heavy atom. The van der Waals surface area contributed by atoms with Gasteiger partial charge in [0.2, 0.25) is 0 Å². The van der Waals surface area contributed by atoms with E-state index in [4.69, 9.17) is 0 Å². The molecule has 0 bridgehead atoms. The first kappa shape index (κ1) is 14.1. The van der Waals surface area contributed by atoms with Gasteiger partial charge in [-0.3, -0.25) is 4.79 Å². The molecule has 5 nitrogen and oxygen atoms in total. The van der Waals surface area contributed by atoms with Crippen LogP contribution in [0.2, 0.25) is 0 Å². The number of hydrogen-bond donors (Lipinski definition) is 2. The highest BCUT2D eigenvalue weighted by Crippen LogP contribution is 2.25. The summed E-state index contributed by atoms with van der Waals surface area (Å²) in [4.78, 5) is 20.9. The highest BCUT2D eigenvalue weighted by atomic mass is 16.3. The maximum absolute atomic E-state index is 11.7. The minimum atomic E-state index is -0.331. The molecular weight excluding hydrogens is 242 g/mol. The van der Waals surface area contributed by atoms with Gasteiger partial charge in [0.05, 0.1) is 12.1 Å². The fourth-order valence-electron chi connectivity index (χ4n) is 2.63. The molecule has 2 rings (SSSR count). The van der Waals surface area contributed by atoms with E-state index in [9.17, 15) is 9.90 Å². The SMILES string of the molecule is CC(C)c1nc(N(C)C2CCCCC2O)cc(=O)[nH]1. The molecule has 0 aliphatic heterocycles. The Balaban J connectivity index is 2.27. The largest absolute Gasteiger partial charge is 0.391 e. The Labute approximate surface area is 113 Å². The minimum absolute atomic E-state index is 0.0584. The second-order valence-corrected chi connectivity index (χ2v) is 5.67. The topological polar surface area (TPSA) is 69.2 Å². The lowest BCUT2D eigenvalue weighted by molar-refractivity contribution is 0.106. The molecular formula is C14H23N3O2. The molecule has 1 aliphatic carbocycles. The van der Waals surface area contributed by atoms with Gasteiger partial charge in [-0.25, -0.2) is 4.98 Å². The fourth-order valence-corrected chi connectivity index (χ4v) is 2.63. The Kier molecular flexibility index (Phi) is 4.24. The smallest absolute Gasteiger partial charge is 0.252 e. The third-order valence-corrected chi connectivity index (χ3v) is 3.85. The second kappa shape index (κ2) is 5.74. The number of nitrogens with zero attached hydrogens (tertiary/aromatic N) is 2. The van der Waals surface area contributed by atoms with Gasteiger partial charge in [0.25, 0.3) is 5.56 Å². The molecule has 106 valence electrons. The number of nitrogens with one attached hydrogen (secondary N) is 1. The number of likely N-dealkylation sites (N-methyl/N-ethyl adjacent to an activating group) is 1. The van der Waals surface area contributed by atoms with Gasteiger partial charge in [0.1, 0.15) is 11.6 Å². The van der Waals surface area contributed by atoms with Crippen molar-refractivity contribution in [1.82, 2.24) is 9.97 Å². The summed E-state index contributed by atoms with van der Waals surface area (Å²) in [5.41, 5.74) is -0.133. The average molecular weight is 265 g/mol. The average Bonchev–Trinajstić information content (AvgIpc) is 2.37. The van der Waals surface area contributed by atoms with Gasteiger partial charge in [-0.05, 0) is 12.8 Å². The summed E-state index contributed by atoms with van der Waals surface area (Å²) in [6, 6.07) is 1.57. The van der Waals surface area contributed by atoms with Crippen LogP contribution in [0.3, 0.4) is 0 Å². The lowest BCUT2D eigenvalue weighted by Gasteiger charge is -2.35. The van der Waals surface area contributed by atoms with E-state index in [0.717, 1.165) is 25.7 Å². The van der Waals surface area contributed by atoms with Crippen LogP contribution in [-0.2, 0) is 0 Å². The number of aromatic amines is 1. The fraction of sp³-hybridized carbons (Fsp3) is 0.714. The minimum Gasteiger partial charge on any atom is -0.391 e. The third kappa shape index (κ3) is 3.15. The molecule has 19 heavy (non-hydrogen) atoms. The Hall–Kier alpha value is -1.36. The molecule has 1 fully saturated rings. The van der Waals surface area contributed by atoms with Gasteiger partial charge in [-0.1, -0.05) is 26.7 Å². The maximum Gasteiger partial charge on any atom is 0.252 e. The zero-order valence-electron chi connectivity index (χ0n) is 11.9. The van der Waals surface area contributed by atoms with Crippen LogP contribution >= 0.6 is 0 Å². The van der Waals surface area contributed by atoms with Crippen molar-refractivity contribution in [3.8, 4) is 0 Å². The molecule has 1 aromatic rings. The van der Waals surface area contributed by atoms with E-state index in [2.05, 4.69) is 9.97 Å². The van der Waals surface area contributed by atoms with Gasteiger partial charge >= 0.3 is 0 Å². The molecule has 0 spiro atoms. The first-order valence-corrected chi connectivity index (χ1v) is 7.01. The van der Waals surface area contributed by atoms with Crippen molar-refractivity contribution in [2.45, 2.75) is 57.6 Å². The van der Waals surface area contributed by atoms with Gasteiger partial charge in [-0.2, -0.15) is 0 Å². The van der Waals surface area contributed by atoms with E-state index in [1.54, 1.807) is 0 Å². The number of anilines is 1. The molecule has 5 heteroatoms. The van der Waals surface area contributed by atoms with E-state index in [-0.39, 0.29) is 23.6 Å². The van der Waals surface area contributed by atoms with E-state index >= 15 is 0 Å². The summed E-state index contributed by atoms with van der Waals surface area (Å²) in [5.74, 6) is 1.52. The maximum atomic E-state index is 11.7. The molecule has 0 saturated heterocycles. The number of hydrogen-bond acceptors (Lipinski definition) is 4. The molecule has 1 heterocycles. The van der Waals surface area contributed by atoms with Crippen LogP contribution in [0.4, 0.5) is 5.82 Å². The summed E-state index contributed by atoms with van der Waals surface area (Å²) in [6.45, 7) is 4.00. The third-order valence-electron chi connectivity index (χ3n) is 3.85. The van der Waals surface area contributed by atoms with Gasteiger partial charge in [0, 0.05) is 19.0 Å². The van der Waals surface area contributed by atoms with E-state index in [0.29, 0.717) is 11.6 Å². The van der Waals surface area contributed by atoms with Crippen molar-refractivity contribution >= 4 is 5.82 Å². The van der Waals surface area contributed by atoms with Crippen LogP contribution < -0.4 is 10.5 Å². The lowest BCUT2D eigenvalue weighted by Crippen LogP contribution is -2.44. The number of aromatic nitrogens is 2. The molecule has 1 saturated carbocycles. The van der Waals surface area contributed by atoms with Crippen molar-refractivity contribution in [3.05, 3.63) is 22.2 Å². The van der Waals surface area contributed by atoms with Crippen LogP contribution in [0.15, 0.2) is 10.9 Å².